The summed E-state index contributed by atoms with van der Waals surface area (Å²) in [7, 11) is 0. The minimum absolute atomic E-state index is 0.671. The Bertz CT molecular complexity index is 235. The van der Waals surface area contributed by atoms with E-state index >= 15 is 0 Å². The summed E-state index contributed by atoms with van der Waals surface area (Å²) in [4.78, 5) is 0. The van der Waals surface area contributed by atoms with E-state index in [9.17, 15) is 0 Å². The van der Waals surface area contributed by atoms with Crippen LogP contribution in [0, 0.1) is 17.8 Å². The molecule has 0 radical (unpaired) electrons. The van der Waals surface area contributed by atoms with E-state index in [4.69, 9.17) is 4.74 Å². The first-order chi connectivity index (χ1) is 8.66. The maximum Gasteiger partial charge on any atom is 0.0469 e. The minimum Gasteiger partial charge on any atom is -0.381 e. The van der Waals surface area contributed by atoms with Crippen LogP contribution < -0.4 is 5.32 Å². The van der Waals surface area contributed by atoms with Gasteiger partial charge in [0.1, 0.15) is 0 Å². The molecule has 1 saturated heterocycles. The number of nitrogens with one attached hydrogen (secondary N) is 1. The highest BCUT2D eigenvalue weighted by Crippen LogP contribution is 2.31. The maximum absolute atomic E-state index is 5.46. The van der Waals surface area contributed by atoms with Crippen LogP contribution in [0.5, 0.6) is 0 Å². The second-order valence-corrected chi connectivity index (χ2v) is 6.77. The zero-order valence-corrected chi connectivity index (χ0v) is 12.5. The van der Waals surface area contributed by atoms with Crippen molar-refractivity contribution in [1.82, 2.24) is 5.32 Å². The molecule has 3 unspecified atom stereocenters. The maximum atomic E-state index is 5.46. The van der Waals surface area contributed by atoms with Crippen molar-refractivity contribution in [3.63, 3.8) is 0 Å². The highest BCUT2D eigenvalue weighted by Gasteiger charge is 2.27. The Kier molecular flexibility index (Phi) is 5.50. The molecule has 2 heteroatoms. The van der Waals surface area contributed by atoms with Gasteiger partial charge in [-0.05, 0) is 50.4 Å². The molecule has 1 aliphatic heterocycles. The predicted molar refractivity (Wildman–Crippen MR) is 76.7 cm³/mol. The van der Waals surface area contributed by atoms with E-state index in [-0.39, 0.29) is 0 Å². The summed E-state index contributed by atoms with van der Waals surface area (Å²) in [6, 6.07) is 1.44. The van der Waals surface area contributed by atoms with Gasteiger partial charge in [0, 0.05) is 25.3 Å². The smallest absolute Gasteiger partial charge is 0.0469 e. The first-order valence-electron chi connectivity index (χ1n) is 8.00. The minimum atomic E-state index is 0.671. The van der Waals surface area contributed by atoms with Crippen LogP contribution in [0.15, 0.2) is 0 Å². The molecule has 106 valence electrons. The van der Waals surface area contributed by atoms with Gasteiger partial charge in [0.15, 0.2) is 0 Å². The van der Waals surface area contributed by atoms with Gasteiger partial charge in [-0.3, -0.25) is 0 Å². The Labute approximate surface area is 113 Å². The summed E-state index contributed by atoms with van der Waals surface area (Å²) in [6.07, 6.45) is 8.13. The van der Waals surface area contributed by atoms with Crippen molar-refractivity contribution in [2.45, 2.75) is 71.4 Å². The Morgan fingerprint density at radius 1 is 0.944 bits per heavy atom. The summed E-state index contributed by atoms with van der Waals surface area (Å²) in [6.45, 7) is 9.09. The molecule has 1 aliphatic carbocycles. The molecule has 2 aliphatic rings. The van der Waals surface area contributed by atoms with Crippen LogP contribution in [0.25, 0.3) is 0 Å². The third-order valence-electron chi connectivity index (χ3n) is 5.13. The first kappa shape index (κ1) is 14.3. The molecule has 1 N–H and O–H groups in total. The van der Waals surface area contributed by atoms with Crippen molar-refractivity contribution in [1.29, 1.82) is 0 Å². The lowest BCUT2D eigenvalue weighted by Gasteiger charge is -2.36. The number of ether oxygens (including phenoxy) is 1. The molecule has 0 aromatic rings. The monoisotopic (exact) mass is 253 g/mol. The Morgan fingerprint density at radius 2 is 1.67 bits per heavy atom. The van der Waals surface area contributed by atoms with E-state index in [2.05, 4.69) is 26.1 Å². The standard InChI is InChI=1S/C16H31NO/c1-12(2)15-5-4-6-16(11-15)17-13(3)14-7-9-18-10-8-14/h12-17H,4-11H2,1-3H3. The Morgan fingerprint density at radius 3 is 2.33 bits per heavy atom. The highest BCUT2D eigenvalue weighted by atomic mass is 16.5. The lowest BCUT2D eigenvalue weighted by Crippen LogP contribution is -2.45. The normalized spacial score (nSPS) is 32.7. The van der Waals surface area contributed by atoms with Crippen LogP contribution in [0.3, 0.4) is 0 Å². The fraction of sp³-hybridized carbons (Fsp3) is 1.00. The molecule has 2 fully saturated rings. The van der Waals surface area contributed by atoms with Crippen molar-refractivity contribution in [3.8, 4) is 0 Å². The molecular formula is C16H31NO. The summed E-state index contributed by atoms with van der Waals surface area (Å²) in [5, 5.41) is 3.92. The lowest BCUT2D eigenvalue weighted by atomic mass is 9.78. The van der Waals surface area contributed by atoms with E-state index in [0.29, 0.717) is 6.04 Å². The molecular weight excluding hydrogens is 222 g/mol. The predicted octanol–water partition coefficient (Wildman–Crippen LogP) is 3.61. The van der Waals surface area contributed by atoms with Crippen molar-refractivity contribution in [3.05, 3.63) is 0 Å². The second kappa shape index (κ2) is 6.91. The fourth-order valence-corrected chi connectivity index (χ4v) is 3.71. The lowest BCUT2D eigenvalue weighted by molar-refractivity contribution is 0.0525. The van der Waals surface area contributed by atoms with Gasteiger partial charge in [0.25, 0.3) is 0 Å². The molecule has 0 aromatic carbocycles. The average molecular weight is 253 g/mol. The van der Waals surface area contributed by atoms with Crippen molar-refractivity contribution < 1.29 is 4.74 Å². The van der Waals surface area contributed by atoms with Gasteiger partial charge < -0.3 is 10.1 Å². The Balaban J connectivity index is 1.77. The van der Waals surface area contributed by atoms with Crippen LogP contribution in [-0.4, -0.2) is 25.3 Å². The van der Waals surface area contributed by atoms with Crippen molar-refractivity contribution in [2.75, 3.05) is 13.2 Å². The van der Waals surface area contributed by atoms with Crippen LogP contribution in [-0.2, 0) is 4.74 Å². The third-order valence-corrected chi connectivity index (χ3v) is 5.13. The van der Waals surface area contributed by atoms with E-state index in [1.54, 1.807) is 0 Å². The average Bonchev–Trinajstić information content (AvgIpc) is 2.40. The molecule has 0 bridgehead atoms. The van der Waals surface area contributed by atoms with Crippen LogP contribution in [0.4, 0.5) is 0 Å². The summed E-state index contributed by atoms with van der Waals surface area (Å²) >= 11 is 0. The second-order valence-electron chi connectivity index (χ2n) is 6.77. The van der Waals surface area contributed by atoms with Crippen molar-refractivity contribution >= 4 is 0 Å². The van der Waals surface area contributed by atoms with Gasteiger partial charge >= 0.3 is 0 Å². The Hall–Kier alpha value is -0.0800. The van der Waals surface area contributed by atoms with Crippen LogP contribution in [0.1, 0.15) is 59.3 Å². The van der Waals surface area contributed by atoms with Crippen LogP contribution >= 0.6 is 0 Å². The summed E-state index contributed by atoms with van der Waals surface area (Å²) < 4.78 is 5.46. The van der Waals surface area contributed by atoms with Crippen LogP contribution in [0.2, 0.25) is 0 Å². The van der Waals surface area contributed by atoms with Gasteiger partial charge in [0.05, 0.1) is 0 Å². The van der Waals surface area contributed by atoms with Gasteiger partial charge in [-0.15, -0.1) is 0 Å². The zero-order chi connectivity index (χ0) is 13.0. The van der Waals surface area contributed by atoms with E-state index < -0.39 is 0 Å². The van der Waals surface area contributed by atoms with Gasteiger partial charge in [0.2, 0.25) is 0 Å². The fourth-order valence-electron chi connectivity index (χ4n) is 3.71. The van der Waals surface area contributed by atoms with E-state index in [1.165, 1.54) is 38.5 Å². The molecule has 18 heavy (non-hydrogen) atoms. The summed E-state index contributed by atoms with van der Waals surface area (Å²) in [5.41, 5.74) is 0. The summed E-state index contributed by atoms with van der Waals surface area (Å²) in [5.74, 6) is 2.63. The van der Waals surface area contributed by atoms with E-state index in [0.717, 1.165) is 37.0 Å². The zero-order valence-electron chi connectivity index (χ0n) is 12.5. The number of rotatable bonds is 4. The van der Waals surface area contributed by atoms with Crippen molar-refractivity contribution in [2.24, 2.45) is 17.8 Å². The molecule has 3 atom stereocenters. The molecule has 1 heterocycles. The van der Waals surface area contributed by atoms with E-state index in [1.807, 2.05) is 0 Å². The number of hydrogen-bond acceptors (Lipinski definition) is 2. The van der Waals surface area contributed by atoms with Gasteiger partial charge in [-0.25, -0.2) is 0 Å². The molecule has 2 rings (SSSR count). The quantitative estimate of drug-likeness (QED) is 0.826. The molecule has 0 amide bonds. The molecule has 1 saturated carbocycles. The van der Waals surface area contributed by atoms with Gasteiger partial charge in [-0.1, -0.05) is 26.7 Å². The molecule has 0 spiro atoms. The topological polar surface area (TPSA) is 21.3 Å². The third kappa shape index (κ3) is 3.96. The van der Waals surface area contributed by atoms with Gasteiger partial charge in [-0.2, -0.15) is 0 Å². The number of hydrogen-bond donors (Lipinski definition) is 1. The SMILES string of the molecule is CC(C)C1CCCC(NC(C)C2CCOCC2)C1. The first-order valence-corrected chi connectivity index (χ1v) is 8.00. The largest absolute Gasteiger partial charge is 0.381 e. The molecule has 0 aromatic heterocycles. The highest BCUT2D eigenvalue weighted by molar-refractivity contribution is 4.84. The molecule has 2 nitrogen and oxygen atoms in total.